The lowest BCUT2D eigenvalue weighted by atomic mass is 10.1. The van der Waals surface area contributed by atoms with E-state index in [0.29, 0.717) is 11.5 Å². The quantitative estimate of drug-likeness (QED) is 0.721. The fraction of sp³-hybridized carbons (Fsp3) is 0.348. The van der Waals surface area contributed by atoms with Gasteiger partial charge in [0, 0.05) is 44.9 Å². The number of hydrogen-bond donors (Lipinski definition) is 0. The predicted octanol–water partition coefficient (Wildman–Crippen LogP) is 3.37. The third kappa shape index (κ3) is 5.14. The summed E-state index contributed by atoms with van der Waals surface area (Å²) in [6.07, 6.45) is 3.44. The second-order valence-electron chi connectivity index (χ2n) is 7.01. The second-order valence-corrected chi connectivity index (χ2v) is 7.01. The van der Waals surface area contributed by atoms with Crippen LogP contribution in [-0.2, 0) is 11.3 Å². The minimum Gasteiger partial charge on any atom is -0.497 e. The van der Waals surface area contributed by atoms with Crippen LogP contribution in [-0.4, -0.2) is 56.1 Å². The molecule has 2 aromatic carbocycles. The molecule has 1 aliphatic rings. The third-order valence-corrected chi connectivity index (χ3v) is 5.13. The molecule has 5 nitrogen and oxygen atoms in total. The van der Waals surface area contributed by atoms with Crippen molar-refractivity contribution in [3.63, 3.8) is 0 Å². The third-order valence-electron chi connectivity index (χ3n) is 5.13. The van der Waals surface area contributed by atoms with Gasteiger partial charge in [0.1, 0.15) is 11.5 Å². The normalized spacial score (nSPS) is 15.0. The molecule has 3 rings (SSSR count). The Kier molecular flexibility index (Phi) is 6.71. The summed E-state index contributed by atoms with van der Waals surface area (Å²) in [7, 11) is 3.23. The molecule has 2 aromatic rings. The molecule has 28 heavy (non-hydrogen) atoms. The molecule has 1 saturated heterocycles. The molecule has 0 saturated carbocycles. The number of piperazine rings is 1. The first kappa shape index (κ1) is 20.0. The van der Waals surface area contributed by atoms with E-state index in [1.54, 1.807) is 20.3 Å². The van der Waals surface area contributed by atoms with Gasteiger partial charge in [-0.05, 0) is 41.8 Å². The lowest BCUT2D eigenvalue weighted by molar-refractivity contribution is -0.127. The van der Waals surface area contributed by atoms with Crippen molar-refractivity contribution in [1.82, 2.24) is 9.80 Å². The number of aryl methyl sites for hydroxylation is 1. The van der Waals surface area contributed by atoms with Crippen molar-refractivity contribution in [2.45, 2.75) is 13.5 Å². The average molecular weight is 380 g/mol. The first-order valence-electron chi connectivity index (χ1n) is 9.56. The standard InChI is InChI=1S/C23H28N2O3/c1-18-6-4-5-7-20(18)17-24-10-12-25(13-11-24)23(26)9-8-19-14-21(27-2)16-22(15-19)28-3/h4-9,14-16H,10-13,17H2,1-3H3/b9-8+. The van der Waals surface area contributed by atoms with E-state index in [-0.39, 0.29) is 5.91 Å². The van der Waals surface area contributed by atoms with Gasteiger partial charge < -0.3 is 14.4 Å². The Labute approximate surface area is 167 Å². The van der Waals surface area contributed by atoms with Gasteiger partial charge in [0.05, 0.1) is 14.2 Å². The van der Waals surface area contributed by atoms with Crippen molar-refractivity contribution < 1.29 is 14.3 Å². The highest BCUT2D eigenvalue weighted by atomic mass is 16.5. The van der Waals surface area contributed by atoms with Crippen molar-refractivity contribution >= 4 is 12.0 Å². The molecular formula is C23H28N2O3. The molecule has 1 fully saturated rings. The van der Waals surface area contributed by atoms with E-state index in [4.69, 9.17) is 9.47 Å². The van der Waals surface area contributed by atoms with E-state index in [9.17, 15) is 4.79 Å². The van der Waals surface area contributed by atoms with E-state index in [0.717, 1.165) is 38.3 Å². The van der Waals surface area contributed by atoms with E-state index in [1.165, 1.54) is 11.1 Å². The molecule has 0 atom stereocenters. The molecule has 0 radical (unpaired) electrons. The number of carbonyl (C=O) groups is 1. The predicted molar refractivity (Wildman–Crippen MR) is 112 cm³/mol. The maximum Gasteiger partial charge on any atom is 0.246 e. The molecule has 5 heteroatoms. The zero-order valence-corrected chi connectivity index (χ0v) is 16.9. The summed E-state index contributed by atoms with van der Waals surface area (Å²) in [5.74, 6) is 1.45. The average Bonchev–Trinajstić information content (AvgIpc) is 2.74. The van der Waals surface area contributed by atoms with Crippen LogP contribution in [0.3, 0.4) is 0 Å². The smallest absolute Gasteiger partial charge is 0.246 e. The molecule has 1 aliphatic heterocycles. The summed E-state index contributed by atoms with van der Waals surface area (Å²) in [5, 5.41) is 0. The van der Waals surface area contributed by atoms with Gasteiger partial charge in [-0.25, -0.2) is 0 Å². The minimum atomic E-state index is 0.0392. The maximum absolute atomic E-state index is 12.6. The van der Waals surface area contributed by atoms with Crippen molar-refractivity contribution in [2.75, 3.05) is 40.4 Å². The van der Waals surface area contributed by atoms with Crippen molar-refractivity contribution in [1.29, 1.82) is 0 Å². The van der Waals surface area contributed by atoms with Crippen LogP contribution in [0.1, 0.15) is 16.7 Å². The lowest BCUT2D eigenvalue weighted by Gasteiger charge is -2.34. The molecule has 1 amide bonds. The highest BCUT2D eigenvalue weighted by Crippen LogP contribution is 2.23. The summed E-state index contributed by atoms with van der Waals surface area (Å²) in [6.45, 7) is 6.36. The van der Waals surface area contributed by atoms with Crippen LogP contribution in [0.4, 0.5) is 0 Å². The first-order valence-corrected chi connectivity index (χ1v) is 9.56. The number of amides is 1. The van der Waals surface area contributed by atoms with Gasteiger partial charge in [-0.1, -0.05) is 24.3 Å². The number of ether oxygens (including phenoxy) is 2. The molecule has 0 aromatic heterocycles. The summed E-state index contributed by atoms with van der Waals surface area (Å²) in [5.41, 5.74) is 3.55. The molecule has 0 bridgehead atoms. The monoisotopic (exact) mass is 380 g/mol. The maximum atomic E-state index is 12.6. The Hall–Kier alpha value is -2.79. The lowest BCUT2D eigenvalue weighted by Crippen LogP contribution is -2.47. The topological polar surface area (TPSA) is 42.0 Å². The molecule has 1 heterocycles. The van der Waals surface area contributed by atoms with Gasteiger partial charge in [-0.3, -0.25) is 9.69 Å². The summed E-state index contributed by atoms with van der Waals surface area (Å²) in [6, 6.07) is 14.1. The fourth-order valence-corrected chi connectivity index (χ4v) is 3.35. The van der Waals surface area contributed by atoms with Crippen LogP contribution in [0, 0.1) is 6.92 Å². The van der Waals surface area contributed by atoms with Crippen LogP contribution in [0.5, 0.6) is 11.5 Å². The van der Waals surface area contributed by atoms with Crippen LogP contribution < -0.4 is 9.47 Å². The molecule has 0 N–H and O–H groups in total. The number of rotatable bonds is 6. The SMILES string of the molecule is COc1cc(/C=C/C(=O)N2CCN(Cc3ccccc3C)CC2)cc(OC)c1. The Balaban J connectivity index is 1.55. The molecule has 148 valence electrons. The number of nitrogens with zero attached hydrogens (tertiary/aromatic N) is 2. The number of benzene rings is 2. The summed E-state index contributed by atoms with van der Waals surface area (Å²) >= 11 is 0. The first-order chi connectivity index (χ1) is 13.6. The van der Waals surface area contributed by atoms with Gasteiger partial charge >= 0.3 is 0 Å². The number of methoxy groups -OCH3 is 2. The Bertz CT molecular complexity index is 817. The van der Waals surface area contributed by atoms with Gasteiger partial charge in [0.15, 0.2) is 0 Å². The van der Waals surface area contributed by atoms with Crippen LogP contribution >= 0.6 is 0 Å². The summed E-state index contributed by atoms with van der Waals surface area (Å²) < 4.78 is 10.5. The molecule has 0 spiro atoms. The van der Waals surface area contributed by atoms with E-state index < -0.39 is 0 Å². The van der Waals surface area contributed by atoms with E-state index in [2.05, 4.69) is 36.1 Å². The zero-order valence-electron chi connectivity index (χ0n) is 16.9. The number of carbonyl (C=O) groups excluding carboxylic acids is 1. The van der Waals surface area contributed by atoms with E-state index in [1.807, 2.05) is 29.2 Å². The zero-order chi connectivity index (χ0) is 19.9. The van der Waals surface area contributed by atoms with Crippen molar-refractivity contribution in [3.8, 4) is 11.5 Å². The fourth-order valence-electron chi connectivity index (χ4n) is 3.35. The second kappa shape index (κ2) is 9.42. The number of hydrogen-bond acceptors (Lipinski definition) is 4. The van der Waals surface area contributed by atoms with E-state index >= 15 is 0 Å². The van der Waals surface area contributed by atoms with Crippen LogP contribution in [0.25, 0.3) is 6.08 Å². The highest BCUT2D eigenvalue weighted by Gasteiger charge is 2.20. The van der Waals surface area contributed by atoms with Crippen molar-refractivity contribution in [2.24, 2.45) is 0 Å². The Morgan fingerprint density at radius 3 is 2.25 bits per heavy atom. The Morgan fingerprint density at radius 2 is 1.64 bits per heavy atom. The molecule has 0 unspecified atom stereocenters. The minimum absolute atomic E-state index is 0.0392. The Morgan fingerprint density at radius 1 is 1.00 bits per heavy atom. The van der Waals surface area contributed by atoms with Gasteiger partial charge in [-0.2, -0.15) is 0 Å². The molecule has 0 aliphatic carbocycles. The van der Waals surface area contributed by atoms with Crippen molar-refractivity contribution in [3.05, 3.63) is 65.2 Å². The van der Waals surface area contributed by atoms with Crippen LogP contribution in [0.2, 0.25) is 0 Å². The van der Waals surface area contributed by atoms with Gasteiger partial charge in [0.2, 0.25) is 5.91 Å². The highest BCUT2D eigenvalue weighted by molar-refractivity contribution is 5.92. The summed E-state index contributed by atoms with van der Waals surface area (Å²) in [4.78, 5) is 16.9. The van der Waals surface area contributed by atoms with Crippen LogP contribution in [0.15, 0.2) is 48.5 Å². The van der Waals surface area contributed by atoms with Gasteiger partial charge in [0.25, 0.3) is 0 Å². The largest absolute Gasteiger partial charge is 0.497 e. The van der Waals surface area contributed by atoms with Gasteiger partial charge in [-0.15, -0.1) is 0 Å². The molecular weight excluding hydrogens is 352 g/mol.